The number of hydrogen-bond donors (Lipinski definition) is 1. The summed E-state index contributed by atoms with van der Waals surface area (Å²) in [6, 6.07) is 7.25. The summed E-state index contributed by atoms with van der Waals surface area (Å²) in [6.07, 6.45) is 6.21. The van der Waals surface area contributed by atoms with E-state index < -0.39 is 21.9 Å². The van der Waals surface area contributed by atoms with E-state index in [4.69, 9.17) is 11.6 Å². The number of nitrogens with one attached hydrogen (secondary N) is 1. The molecule has 0 bridgehead atoms. The molecule has 0 atom stereocenters. The first-order valence-electron chi connectivity index (χ1n) is 8.68. The van der Waals surface area contributed by atoms with Crippen molar-refractivity contribution in [1.29, 1.82) is 0 Å². The smallest absolute Gasteiger partial charge is 0.321 e. The number of hydrogen-bond acceptors (Lipinski definition) is 6. The Morgan fingerprint density at radius 1 is 1.26 bits per heavy atom. The standard InChI is InChI=1S/C19H13ClFN5O3S2/c1-26-16(18(27)24-12-4-5-14(21)13(20)7-12)8-15(25-31(26,28)29)19-23-10-17(30-19)11-3-2-6-22-9-11/h2-10H,1H3,(H,24,27). The van der Waals surface area contributed by atoms with Gasteiger partial charge in [-0.15, -0.1) is 15.7 Å². The summed E-state index contributed by atoms with van der Waals surface area (Å²) in [5.74, 6) is -1.37. The molecular weight excluding hydrogens is 465 g/mol. The number of likely N-dealkylation sites (N-methyl/N-ethyl adjacent to an activating group) is 1. The topological polar surface area (TPSA) is 105 Å². The van der Waals surface area contributed by atoms with E-state index >= 15 is 0 Å². The van der Waals surface area contributed by atoms with Gasteiger partial charge in [0.15, 0.2) is 0 Å². The summed E-state index contributed by atoms with van der Waals surface area (Å²) in [5, 5.41) is 2.65. The highest BCUT2D eigenvalue weighted by atomic mass is 35.5. The molecule has 8 nitrogen and oxygen atoms in total. The molecule has 1 amide bonds. The molecule has 0 saturated heterocycles. The van der Waals surface area contributed by atoms with Crippen LogP contribution in [-0.2, 0) is 15.0 Å². The lowest BCUT2D eigenvalue weighted by Gasteiger charge is -2.23. The first kappa shape index (κ1) is 21.1. The van der Waals surface area contributed by atoms with Crippen LogP contribution in [0.25, 0.3) is 10.4 Å². The predicted octanol–water partition coefficient (Wildman–Crippen LogP) is 3.50. The van der Waals surface area contributed by atoms with Crippen LogP contribution in [0.15, 0.2) is 65.1 Å². The summed E-state index contributed by atoms with van der Waals surface area (Å²) in [4.78, 5) is 21.8. The molecule has 3 aromatic rings. The van der Waals surface area contributed by atoms with Gasteiger partial charge in [0.1, 0.15) is 22.2 Å². The molecule has 0 spiro atoms. The second-order valence-corrected chi connectivity index (χ2v) is 9.37. The quantitative estimate of drug-likeness (QED) is 0.619. The van der Waals surface area contributed by atoms with Crippen LogP contribution in [0.2, 0.25) is 5.02 Å². The highest BCUT2D eigenvalue weighted by Crippen LogP contribution is 2.28. The van der Waals surface area contributed by atoms with Gasteiger partial charge in [-0.3, -0.25) is 9.78 Å². The largest absolute Gasteiger partial charge is 0.345 e. The maximum Gasteiger partial charge on any atom is 0.345 e. The van der Waals surface area contributed by atoms with E-state index in [9.17, 15) is 17.6 Å². The first-order valence-corrected chi connectivity index (χ1v) is 11.3. The van der Waals surface area contributed by atoms with Crippen LogP contribution in [0, 0.1) is 5.82 Å². The van der Waals surface area contributed by atoms with Gasteiger partial charge in [-0.2, -0.15) is 8.42 Å². The number of halogens is 2. The minimum absolute atomic E-state index is 0.0283. The summed E-state index contributed by atoms with van der Waals surface area (Å²) in [5.41, 5.74) is 0.877. The Hall–Kier alpha value is -3.15. The summed E-state index contributed by atoms with van der Waals surface area (Å²) in [6.45, 7) is 0. The van der Waals surface area contributed by atoms with Gasteiger partial charge in [0.25, 0.3) is 5.91 Å². The zero-order valence-electron chi connectivity index (χ0n) is 15.8. The SMILES string of the molecule is CN1C(C(=O)Nc2ccc(F)c(Cl)c2)=CC(c2ncc(-c3cccnc3)s2)=NS1(=O)=O. The highest BCUT2D eigenvalue weighted by Gasteiger charge is 2.31. The summed E-state index contributed by atoms with van der Waals surface area (Å²) >= 11 is 6.95. The fourth-order valence-electron chi connectivity index (χ4n) is 2.67. The number of pyridine rings is 1. The van der Waals surface area contributed by atoms with E-state index in [1.807, 2.05) is 6.07 Å². The fraction of sp³-hybridized carbons (Fsp3) is 0.0526. The maximum absolute atomic E-state index is 13.3. The predicted molar refractivity (Wildman–Crippen MR) is 117 cm³/mol. The molecule has 0 unspecified atom stereocenters. The van der Waals surface area contributed by atoms with Crippen molar-refractivity contribution in [3.05, 3.63) is 76.5 Å². The van der Waals surface area contributed by atoms with Gasteiger partial charge in [-0.25, -0.2) is 13.7 Å². The molecule has 4 rings (SSSR count). The molecule has 0 aliphatic carbocycles. The zero-order valence-corrected chi connectivity index (χ0v) is 18.2. The van der Waals surface area contributed by atoms with Crippen LogP contribution < -0.4 is 5.32 Å². The third-order valence-corrected chi connectivity index (χ3v) is 6.93. The molecule has 12 heteroatoms. The molecule has 158 valence electrons. The number of anilines is 1. The van der Waals surface area contributed by atoms with Gasteiger partial charge in [0.05, 0.1) is 9.90 Å². The van der Waals surface area contributed by atoms with Crippen molar-refractivity contribution < 1.29 is 17.6 Å². The van der Waals surface area contributed by atoms with Crippen molar-refractivity contribution in [2.45, 2.75) is 0 Å². The number of thiazole rings is 1. The number of allylic oxidation sites excluding steroid dienone is 1. The number of benzene rings is 1. The van der Waals surface area contributed by atoms with E-state index in [0.717, 1.165) is 20.8 Å². The lowest BCUT2D eigenvalue weighted by Crippen LogP contribution is -2.35. The number of aromatic nitrogens is 2. The summed E-state index contributed by atoms with van der Waals surface area (Å²) < 4.78 is 42.9. The number of carbonyl (C=O) groups excluding carboxylic acids is 1. The van der Waals surface area contributed by atoms with Gasteiger partial charge < -0.3 is 5.32 Å². The molecule has 31 heavy (non-hydrogen) atoms. The van der Waals surface area contributed by atoms with Crippen LogP contribution in [-0.4, -0.2) is 41.4 Å². The van der Waals surface area contributed by atoms with E-state index in [1.54, 1.807) is 24.7 Å². The maximum atomic E-state index is 13.3. The Kier molecular flexibility index (Phi) is 5.56. The number of amides is 1. The number of rotatable bonds is 4. The lowest BCUT2D eigenvalue weighted by atomic mass is 10.2. The fourth-order valence-corrected chi connectivity index (χ4v) is 4.67. The minimum atomic E-state index is -4.16. The van der Waals surface area contributed by atoms with Gasteiger partial charge in [-0.05, 0) is 30.3 Å². The molecular formula is C19H13ClFN5O3S2. The van der Waals surface area contributed by atoms with E-state index in [1.165, 1.54) is 36.6 Å². The summed E-state index contributed by atoms with van der Waals surface area (Å²) in [7, 11) is -2.95. The third-order valence-electron chi connectivity index (χ3n) is 4.25. The van der Waals surface area contributed by atoms with Crippen molar-refractivity contribution in [2.75, 3.05) is 12.4 Å². The lowest BCUT2D eigenvalue weighted by molar-refractivity contribution is -0.113. The highest BCUT2D eigenvalue weighted by molar-refractivity contribution is 7.88. The molecule has 1 aliphatic rings. The van der Waals surface area contributed by atoms with E-state index in [-0.39, 0.29) is 22.1 Å². The van der Waals surface area contributed by atoms with Crippen molar-refractivity contribution in [2.24, 2.45) is 4.40 Å². The Bertz CT molecular complexity index is 1340. The number of carbonyl (C=O) groups is 1. The number of nitrogens with zero attached hydrogens (tertiary/aromatic N) is 4. The van der Waals surface area contributed by atoms with Crippen LogP contribution in [0.1, 0.15) is 5.01 Å². The van der Waals surface area contributed by atoms with E-state index in [0.29, 0.717) is 5.01 Å². The van der Waals surface area contributed by atoms with Crippen LogP contribution in [0.4, 0.5) is 10.1 Å². The van der Waals surface area contributed by atoms with Gasteiger partial charge >= 0.3 is 10.2 Å². The average molecular weight is 478 g/mol. The van der Waals surface area contributed by atoms with Crippen molar-refractivity contribution in [3.8, 4) is 10.4 Å². The average Bonchev–Trinajstić information content (AvgIpc) is 3.23. The molecule has 1 aromatic carbocycles. The zero-order chi connectivity index (χ0) is 22.2. The Labute approximate surface area is 185 Å². The Morgan fingerprint density at radius 2 is 2.06 bits per heavy atom. The van der Waals surface area contributed by atoms with Crippen molar-refractivity contribution in [1.82, 2.24) is 14.3 Å². The first-order chi connectivity index (χ1) is 14.7. The Morgan fingerprint density at radius 3 is 2.77 bits per heavy atom. The normalized spacial score (nSPS) is 15.3. The van der Waals surface area contributed by atoms with Crippen LogP contribution >= 0.6 is 22.9 Å². The molecule has 0 saturated carbocycles. The van der Waals surface area contributed by atoms with Gasteiger partial charge in [0, 0.05) is 36.9 Å². The second-order valence-electron chi connectivity index (χ2n) is 6.31. The monoisotopic (exact) mass is 477 g/mol. The molecule has 3 heterocycles. The van der Waals surface area contributed by atoms with Crippen LogP contribution in [0.3, 0.4) is 0 Å². The minimum Gasteiger partial charge on any atom is -0.321 e. The van der Waals surface area contributed by atoms with Crippen molar-refractivity contribution >= 4 is 50.5 Å². The molecule has 1 N–H and O–H groups in total. The molecule has 1 aliphatic heterocycles. The van der Waals surface area contributed by atoms with Gasteiger partial charge in [-0.1, -0.05) is 17.7 Å². The molecule has 2 aromatic heterocycles. The van der Waals surface area contributed by atoms with E-state index in [2.05, 4.69) is 19.7 Å². The molecule has 0 radical (unpaired) electrons. The third kappa shape index (κ3) is 4.33. The van der Waals surface area contributed by atoms with Crippen molar-refractivity contribution in [3.63, 3.8) is 0 Å². The molecule has 0 fully saturated rings. The second kappa shape index (κ2) is 8.17. The van der Waals surface area contributed by atoms with Gasteiger partial charge in [0.2, 0.25) is 0 Å². The Balaban J connectivity index is 1.67. The van der Waals surface area contributed by atoms with Crippen LogP contribution in [0.5, 0.6) is 0 Å².